The molecule has 0 atom stereocenters. The van der Waals surface area contributed by atoms with Crippen LogP contribution in [0.2, 0.25) is 0 Å². The Morgan fingerprint density at radius 3 is 2.31 bits per heavy atom. The predicted octanol–water partition coefficient (Wildman–Crippen LogP) is 7.80. The van der Waals surface area contributed by atoms with E-state index in [0.717, 1.165) is 68.1 Å². The molecule has 0 unspecified atom stereocenters. The van der Waals surface area contributed by atoms with E-state index in [1.165, 1.54) is 37.7 Å². The summed E-state index contributed by atoms with van der Waals surface area (Å²) in [5, 5.41) is 14.6. The smallest absolute Gasteiger partial charge is 0.303 e. The second kappa shape index (κ2) is 20.0. The van der Waals surface area contributed by atoms with Gasteiger partial charge in [0.15, 0.2) is 0 Å². The SMILES string of the molecule is CCCCCCCCCC(=O)O.Cc1ccc(NC(=O)c2ccc(CN3CCN(C)CC3)cc2)cc1Nc1nccc(-c2cccnc2)n1. The number of carbonyl (C=O) groups excluding carboxylic acids is 1. The summed E-state index contributed by atoms with van der Waals surface area (Å²) in [6.45, 7) is 9.43. The highest BCUT2D eigenvalue weighted by atomic mass is 16.4. The van der Waals surface area contributed by atoms with Crippen LogP contribution in [0, 0.1) is 6.92 Å². The minimum atomic E-state index is -0.663. The summed E-state index contributed by atoms with van der Waals surface area (Å²) >= 11 is 0. The molecule has 10 nitrogen and oxygen atoms in total. The van der Waals surface area contributed by atoms with Gasteiger partial charge in [0.1, 0.15) is 0 Å². The lowest BCUT2D eigenvalue weighted by Gasteiger charge is -2.32. The van der Waals surface area contributed by atoms with Crippen LogP contribution >= 0.6 is 0 Å². The third-order valence-electron chi connectivity index (χ3n) is 8.57. The minimum Gasteiger partial charge on any atom is -0.481 e. The number of carboxylic acid groups (broad SMARTS) is 1. The number of hydrogen-bond donors (Lipinski definition) is 3. The molecule has 1 aliphatic rings. The first-order valence-electron chi connectivity index (χ1n) is 17.4. The highest BCUT2D eigenvalue weighted by Crippen LogP contribution is 2.25. The highest BCUT2D eigenvalue weighted by Gasteiger charge is 2.15. The Morgan fingerprint density at radius 2 is 1.61 bits per heavy atom. The van der Waals surface area contributed by atoms with Crippen molar-refractivity contribution in [2.24, 2.45) is 0 Å². The van der Waals surface area contributed by atoms with E-state index in [-0.39, 0.29) is 5.91 Å². The van der Waals surface area contributed by atoms with Crippen LogP contribution in [0.15, 0.2) is 79.3 Å². The second-order valence-corrected chi connectivity index (χ2v) is 12.7. The normalized spacial score (nSPS) is 13.3. The van der Waals surface area contributed by atoms with E-state index >= 15 is 0 Å². The Labute approximate surface area is 291 Å². The summed E-state index contributed by atoms with van der Waals surface area (Å²) in [6.07, 6.45) is 13.9. The summed E-state index contributed by atoms with van der Waals surface area (Å²) in [5.74, 6) is -0.330. The Balaban J connectivity index is 0.000000386. The molecule has 1 amide bonds. The molecule has 0 aliphatic carbocycles. The van der Waals surface area contributed by atoms with Crippen molar-refractivity contribution >= 4 is 29.2 Å². The van der Waals surface area contributed by atoms with E-state index in [9.17, 15) is 9.59 Å². The van der Waals surface area contributed by atoms with Gasteiger partial charge in [0.2, 0.25) is 5.95 Å². The number of rotatable bonds is 15. The molecule has 4 aromatic rings. The number of amides is 1. The number of carbonyl (C=O) groups is 2. The molecule has 49 heavy (non-hydrogen) atoms. The first-order chi connectivity index (χ1) is 23.8. The minimum absolute atomic E-state index is 0.143. The number of likely N-dealkylation sites (N-methyl/N-ethyl adjacent to an activating group) is 1. The van der Waals surface area contributed by atoms with Crippen LogP contribution in [0.3, 0.4) is 0 Å². The maximum Gasteiger partial charge on any atom is 0.303 e. The molecule has 260 valence electrons. The molecule has 1 saturated heterocycles. The fourth-order valence-electron chi connectivity index (χ4n) is 5.51. The monoisotopic (exact) mass is 665 g/mol. The van der Waals surface area contributed by atoms with Gasteiger partial charge in [-0.3, -0.25) is 19.5 Å². The summed E-state index contributed by atoms with van der Waals surface area (Å²) in [7, 11) is 2.16. The van der Waals surface area contributed by atoms with Crippen LogP contribution in [0.25, 0.3) is 11.3 Å². The zero-order valence-electron chi connectivity index (χ0n) is 29.2. The number of benzene rings is 2. The number of aromatic nitrogens is 3. The van der Waals surface area contributed by atoms with Gasteiger partial charge in [-0.25, -0.2) is 9.97 Å². The molecule has 10 heteroatoms. The summed E-state index contributed by atoms with van der Waals surface area (Å²) < 4.78 is 0. The zero-order chi connectivity index (χ0) is 34.8. The van der Waals surface area contributed by atoms with E-state index in [1.54, 1.807) is 18.6 Å². The first kappa shape index (κ1) is 37.2. The molecule has 1 fully saturated rings. The average molecular weight is 666 g/mol. The fourth-order valence-corrected chi connectivity index (χ4v) is 5.51. The third kappa shape index (κ3) is 13.0. The van der Waals surface area contributed by atoms with Crippen molar-refractivity contribution in [3.8, 4) is 11.3 Å². The average Bonchev–Trinajstić information content (AvgIpc) is 3.11. The number of carboxylic acids is 1. The number of nitrogens with zero attached hydrogens (tertiary/aromatic N) is 5. The Bertz CT molecular complexity index is 1590. The quantitative estimate of drug-likeness (QED) is 0.109. The van der Waals surface area contributed by atoms with Crippen LogP contribution < -0.4 is 10.6 Å². The third-order valence-corrected chi connectivity index (χ3v) is 8.57. The Morgan fingerprint density at radius 1 is 0.878 bits per heavy atom. The molecule has 1 aliphatic heterocycles. The molecule has 0 radical (unpaired) electrons. The Kier molecular flexibility index (Phi) is 15.2. The van der Waals surface area contributed by atoms with Crippen molar-refractivity contribution in [1.29, 1.82) is 0 Å². The zero-order valence-corrected chi connectivity index (χ0v) is 29.2. The predicted molar refractivity (Wildman–Crippen MR) is 197 cm³/mol. The van der Waals surface area contributed by atoms with Crippen LogP contribution in [0.5, 0.6) is 0 Å². The maximum absolute atomic E-state index is 12.9. The lowest BCUT2D eigenvalue weighted by atomic mass is 10.1. The Hall–Kier alpha value is -4.67. The van der Waals surface area contributed by atoms with Crippen molar-refractivity contribution in [2.45, 2.75) is 71.8 Å². The topological polar surface area (TPSA) is 124 Å². The van der Waals surface area contributed by atoms with Crippen molar-refractivity contribution in [1.82, 2.24) is 24.8 Å². The molecule has 0 saturated carbocycles. The highest BCUT2D eigenvalue weighted by molar-refractivity contribution is 6.04. The molecule has 3 heterocycles. The van der Waals surface area contributed by atoms with Crippen LogP contribution in [-0.2, 0) is 11.3 Å². The number of unbranched alkanes of at least 4 members (excludes halogenated alkanes) is 6. The van der Waals surface area contributed by atoms with Gasteiger partial charge in [0, 0.05) is 80.2 Å². The van der Waals surface area contributed by atoms with Crippen molar-refractivity contribution in [2.75, 3.05) is 43.9 Å². The van der Waals surface area contributed by atoms with Crippen LogP contribution in [-0.4, -0.2) is 75.0 Å². The largest absolute Gasteiger partial charge is 0.481 e. The van der Waals surface area contributed by atoms with Crippen LogP contribution in [0.1, 0.15) is 79.8 Å². The number of hydrogen-bond acceptors (Lipinski definition) is 8. The van der Waals surface area contributed by atoms with Gasteiger partial charge in [-0.1, -0.05) is 63.6 Å². The standard InChI is InChI=1S/C29H31N7O.C10H20O2/c1-21-5-10-25(18-27(21)34-29-31-13-11-26(33-29)24-4-3-12-30-19-24)32-28(37)23-8-6-22(7-9-23)20-36-16-14-35(2)15-17-36;1-2-3-4-5-6-7-8-9-10(11)12/h3-13,18-19H,14-17,20H2,1-2H3,(H,32,37)(H,31,33,34);2-9H2,1H3,(H,11,12). The number of aryl methyl sites for hydroxylation is 1. The van der Waals surface area contributed by atoms with E-state index in [4.69, 9.17) is 5.11 Å². The fraction of sp³-hybridized carbons (Fsp3) is 0.410. The van der Waals surface area contributed by atoms with Gasteiger partial charge in [-0.05, 0) is 74.0 Å². The lowest BCUT2D eigenvalue weighted by Crippen LogP contribution is -2.43. The second-order valence-electron chi connectivity index (χ2n) is 12.7. The molecule has 2 aromatic carbocycles. The number of nitrogens with one attached hydrogen (secondary N) is 2. The molecular formula is C39H51N7O3. The van der Waals surface area contributed by atoms with E-state index < -0.39 is 5.97 Å². The maximum atomic E-state index is 12.9. The molecule has 0 spiro atoms. The number of anilines is 3. The molecule has 2 aromatic heterocycles. The van der Waals surface area contributed by atoms with E-state index in [2.05, 4.69) is 49.4 Å². The molecular weight excluding hydrogens is 614 g/mol. The number of aliphatic carboxylic acids is 1. The first-order valence-corrected chi connectivity index (χ1v) is 17.4. The molecule has 0 bridgehead atoms. The van der Waals surface area contributed by atoms with E-state index in [1.807, 2.05) is 67.6 Å². The van der Waals surface area contributed by atoms with Crippen molar-refractivity contribution in [3.63, 3.8) is 0 Å². The van der Waals surface area contributed by atoms with Gasteiger partial charge in [0.25, 0.3) is 5.91 Å². The molecule has 3 N–H and O–H groups in total. The van der Waals surface area contributed by atoms with Gasteiger partial charge in [-0.15, -0.1) is 0 Å². The van der Waals surface area contributed by atoms with Gasteiger partial charge in [-0.2, -0.15) is 0 Å². The summed E-state index contributed by atoms with van der Waals surface area (Å²) in [6, 6.07) is 19.3. The summed E-state index contributed by atoms with van der Waals surface area (Å²) in [5.41, 5.74) is 6.08. The van der Waals surface area contributed by atoms with E-state index in [0.29, 0.717) is 23.6 Å². The van der Waals surface area contributed by atoms with Crippen molar-refractivity contribution in [3.05, 3.63) is 95.9 Å². The van der Waals surface area contributed by atoms with Gasteiger partial charge in [0.05, 0.1) is 5.69 Å². The number of piperazine rings is 1. The van der Waals surface area contributed by atoms with Gasteiger partial charge < -0.3 is 20.6 Å². The van der Waals surface area contributed by atoms with Crippen molar-refractivity contribution < 1.29 is 14.7 Å². The summed E-state index contributed by atoms with van der Waals surface area (Å²) in [4.78, 5) is 41.0. The van der Waals surface area contributed by atoms with Gasteiger partial charge >= 0.3 is 5.97 Å². The van der Waals surface area contributed by atoms with Crippen LogP contribution in [0.4, 0.5) is 17.3 Å². The number of pyridine rings is 1. The lowest BCUT2D eigenvalue weighted by molar-refractivity contribution is -0.137. The molecule has 5 rings (SSSR count).